The molecule has 0 saturated carbocycles. The molecular formula is C16H12O4. The molecule has 3 rings (SSSR count). The Morgan fingerprint density at radius 2 is 1.75 bits per heavy atom. The molecule has 100 valence electrons. The summed E-state index contributed by atoms with van der Waals surface area (Å²) in [6.45, 7) is 1.76. The number of aromatic hydroxyl groups is 1. The van der Waals surface area contributed by atoms with Gasteiger partial charge in [0.25, 0.3) is 0 Å². The molecule has 4 heteroatoms. The maximum Gasteiger partial charge on any atom is 0.201 e. The molecule has 2 aromatic rings. The van der Waals surface area contributed by atoms with E-state index in [-0.39, 0.29) is 34.0 Å². The second-order valence-electron chi connectivity index (χ2n) is 4.75. The van der Waals surface area contributed by atoms with E-state index in [1.54, 1.807) is 31.2 Å². The summed E-state index contributed by atoms with van der Waals surface area (Å²) < 4.78 is 5.16. The first kappa shape index (κ1) is 12.4. The number of benzene rings is 2. The Morgan fingerprint density at radius 3 is 2.45 bits per heavy atom. The third-order valence-corrected chi connectivity index (χ3v) is 3.45. The van der Waals surface area contributed by atoms with Gasteiger partial charge < -0.3 is 9.84 Å². The third-order valence-electron chi connectivity index (χ3n) is 3.45. The van der Waals surface area contributed by atoms with E-state index in [4.69, 9.17) is 4.74 Å². The van der Waals surface area contributed by atoms with Crippen LogP contribution in [0.1, 0.15) is 37.4 Å². The van der Waals surface area contributed by atoms with Gasteiger partial charge >= 0.3 is 0 Å². The Morgan fingerprint density at radius 1 is 1.00 bits per heavy atom. The minimum Gasteiger partial charge on any atom is -0.507 e. The zero-order valence-corrected chi connectivity index (χ0v) is 11.1. The number of phenols is 1. The number of carbonyl (C=O) groups is 2. The number of fused-ring (bicyclic) bond motifs is 2. The number of ether oxygens (including phenoxy) is 1. The summed E-state index contributed by atoms with van der Waals surface area (Å²) in [7, 11) is 1.44. The van der Waals surface area contributed by atoms with Crippen molar-refractivity contribution >= 4 is 11.6 Å². The van der Waals surface area contributed by atoms with Gasteiger partial charge in [-0.2, -0.15) is 0 Å². The highest BCUT2D eigenvalue weighted by molar-refractivity contribution is 6.30. The van der Waals surface area contributed by atoms with E-state index in [1.807, 2.05) is 0 Å². The molecule has 1 N–H and O–H groups in total. The Balaban J connectivity index is 2.37. The molecule has 1 aliphatic rings. The van der Waals surface area contributed by atoms with Crippen molar-refractivity contribution < 1.29 is 19.4 Å². The molecule has 0 amide bonds. The summed E-state index contributed by atoms with van der Waals surface area (Å²) in [5, 5.41) is 10.0. The maximum absolute atomic E-state index is 12.6. The predicted molar refractivity (Wildman–Crippen MR) is 72.7 cm³/mol. The molecule has 0 spiro atoms. The number of methoxy groups -OCH3 is 1. The van der Waals surface area contributed by atoms with E-state index in [0.717, 1.165) is 5.56 Å². The van der Waals surface area contributed by atoms with Gasteiger partial charge in [-0.3, -0.25) is 9.59 Å². The molecule has 0 aromatic heterocycles. The highest BCUT2D eigenvalue weighted by Gasteiger charge is 2.34. The Hall–Kier alpha value is -2.62. The van der Waals surface area contributed by atoms with Crippen molar-refractivity contribution in [3.05, 3.63) is 58.1 Å². The number of hydrogen-bond donors (Lipinski definition) is 1. The average molecular weight is 268 g/mol. The highest BCUT2D eigenvalue weighted by atomic mass is 16.5. The second-order valence-corrected chi connectivity index (χ2v) is 4.75. The smallest absolute Gasteiger partial charge is 0.201 e. The number of phenolic OH excluding ortho intramolecular Hbond substituents is 1. The number of aryl methyl sites for hydroxylation is 1. The number of ketones is 2. The predicted octanol–water partition coefficient (Wildman–Crippen LogP) is 2.48. The van der Waals surface area contributed by atoms with Crippen molar-refractivity contribution in [2.24, 2.45) is 0 Å². The molecule has 2 aromatic carbocycles. The monoisotopic (exact) mass is 268 g/mol. The van der Waals surface area contributed by atoms with Crippen LogP contribution in [0.2, 0.25) is 0 Å². The van der Waals surface area contributed by atoms with E-state index in [2.05, 4.69) is 0 Å². The largest absolute Gasteiger partial charge is 0.507 e. The first-order chi connectivity index (χ1) is 9.54. The second kappa shape index (κ2) is 4.20. The Bertz CT molecular complexity index is 759. The first-order valence-electron chi connectivity index (χ1n) is 6.14. The van der Waals surface area contributed by atoms with Gasteiger partial charge in [-0.25, -0.2) is 0 Å². The van der Waals surface area contributed by atoms with Crippen LogP contribution in [0.3, 0.4) is 0 Å². The molecule has 0 atom stereocenters. The standard InChI is InChI=1S/C16H12O4/c1-8-6-10-13(11(17)7-8)16(19)14-9(15(10)18)4-3-5-12(14)20-2/h3-7,17H,1-2H3. The summed E-state index contributed by atoms with van der Waals surface area (Å²) in [6.07, 6.45) is 0. The number of rotatable bonds is 1. The third kappa shape index (κ3) is 1.54. The lowest BCUT2D eigenvalue weighted by molar-refractivity contribution is 0.0974. The van der Waals surface area contributed by atoms with E-state index in [0.29, 0.717) is 11.3 Å². The molecule has 0 fully saturated rings. The minimum absolute atomic E-state index is 0.0533. The molecule has 1 aliphatic carbocycles. The van der Waals surface area contributed by atoms with E-state index >= 15 is 0 Å². The zero-order chi connectivity index (χ0) is 14.4. The highest BCUT2D eigenvalue weighted by Crippen LogP contribution is 2.37. The Labute approximate surface area is 115 Å². The number of carbonyl (C=O) groups excluding carboxylic acids is 2. The van der Waals surface area contributed by atoms with Crippen molar-refractivity contribution in [1.29, 1.82) is 0 Å². The van der Waals surface area contributed by atoms with Crippen molar-refractivity contribution in [2.45, 2.75) is 6.92 Å². The maximum atomic E-state index is 12.6. The quantitative estimate of drug-likeness (QED) is 0.736. The van der Waals surface area contributed by atoms with Crippen LogP contribution < -0.4 is 4.74 Å². The molecule has 0 unspecified atom stereocenters. The molecule has 0 aliphatic heterocycles. The fourth-order valence-electron chi connectivity index (χ4n) is 2.58. The molecule has 20 heavy (non-hydrogen) atoms. The van der Waals surface area contributed by atoms with Gasteiger partial charge in [0.1, 0.15) is 11.5 Å². The molecule has 0 radical (unpaired) electrons. The van der Waals surface area contributed by atoms with E-state index < -0.39 is 0 Å². The summed E-state index contributed by atoms with van der Waals surface area (Å²) in [6, 6.07) is 7.99. The van der Waals surface area contributed by atoms with Gasteiger partial charge in [0.15, 0.2) is 5.78 Å². The first-order valence-corrected chi connectivity index (χ1v) is 6.14. The molecule has 0 heterocycles. The van der Waals surface area contributed by atoms with Crippen LogP contribution in [0, 0.1) is 6.92 Å². The van der Waals surface area contributed by atoms with Crippen LogP contribution in [0.25, 0.3) is 0 Å². The summed E-state index contributed by atoms with van der Waals surface area (Å²) in [5.74, 6) is -0.488. The van der Waals surface area contributed by atoms with Crippen LogP contribution in [-0.4, -0.2) is 23.8 Å². The van der Waals surface area contributed by atoms with Gasteiger partial charge in [0.05, 0.1) is 18.2 Å². The van der Waals surface area contributed by atoms with Gasteiger partial charge in [-0.15, -0.1) is 0 Å². The van der Waals surface area contributed by atoms with Crippen LogP contribution in [0.15, 0.2) is 30.3 Å². The van der Waals surface area contributed by atoms with Gasteiger partial charge in [-0.1, -0.05) is 12.1 Å². The number of hydrogen-bond acceptors (Lipinski definition) is 4. The van der Waals surface area contributed by atoms with Crippen molar-refractivity contribution in [3.63, 3.8) is 0 Å². The SMILES string of the molecule is COc1cccc2c1C(=O)c1c(O)cc(C)cc1C2=O. The van der Waals surface area contributed by atoms with Crippen LogP contribution >= 0.6 is 0 Å². The van der Waals surface area contributed by atoms with Crippen molar-refractivity contribution in [1.82, 2.24) is 0 Å². The topological polar surface area (TPSA) is 63.6 Å². The lowest BCUT2D eigenvalue weighted by Crippen LogP contribution is -2.22. The van der Waals surface area contributed by atoms with Crippen LogP contribution in [-0.2, 0) is 0 Å². The van der Waals surface area contributed by atoms with Gasteiger partial charge in [0, 0.05) is 11.1 Å². The summed E-state index contributed by atoms with van der Waals surface area (Å²) >= 11 is 0. The van der Waals surface area contributed by atoms with Crippen molar-refractivity contribution in [3.8, 4) is 11.5 Å². The fraction of sp³-hybridized carbons (Fsp3) is 0.125. The van der Waals surface area contributed by atoms with Gasteiger partial charge in [0.2, 0.25) is 5.78 Å². The summed E-state index contributed by atoms with van der Waals surface area (Å²) in [4.78, 5) is 25.1. The fourth-order valence-corrected chi connectivity index (χ4v) is 2.58. The van der Waals surface area contributed by atoms with E-state index in [9.17, 15) is 14.7 Å². The minimum atomic E-state index is -0.385. The molecule has 0 bridgehead atoms. The van der Waals surface area contributed by atoms with Gasteiger partial charge in [-0.05, 0) is 30.7 Å². The lowest BCUT2D eigenvalue weighted by atomic mass is 9.82. The normalized spacial score (nSPS) is 12.9. The van der Waals surface area contributed by atoms with Crippen LogP contribution in [0.4, 0.5) is 0 Å². The zero-order valence-electron chi connectivity index (χ0n) is 11.1. The Kier molecular flexibility index (Phi) is 2.61. The molecule has 0 saturated heterocycles. The molecular weight excluding hydrogens is 256 g/mol. The molecule has 4 nitrogen and oxygen atoms in total. The summed E-state index contributed by atoms with van der Waals surface area (Å²) in [5.41, 5.74) is 1.55. The van der Waals surface area contributed by atoms with E-state index in [1.165, 1.54) is 13.2 Å². The van der Waals surface area contributed by atoms with Crippen molar-refractivity contribution in [2.75, 3.05) is 7.11 Å². The average Bonchev–Trinajstić information content (AvgIpc) is 2.43. The van der Waals surface area contributed by atoms with Crippen LogP contribution in [0.5, 0.6) is 11.5 Å². The lowest BCUT2D eigenvalue weighted by Gasteiger charge is -2.20.